The molecule has 2 rings (SSSR count). The van der Waals surface area contributed by atoms with Crippen LogP contribution in [-0.2, 0) is 9.53 Å². The lowest BCUT2D eigenvalue weighted by Gasteiger charge is -2.35. The molecule has 0 spiro atoms. The highest BCUT2D eigenvalue weighted by Crippen LogP contribution is 2.27. The third-order valence-corrected chi connectivity index (χ3v) is 2.92. The van der Waals surface area contributed by atoms with Crippen LogP contribution in [0.2, 0.25) is 0 Å². The number of nitro benzene ring substituents is 1. The van der Waals surface area contributed by atoms with Crippen LogP contribution in [0.15, 0.2) is 18.2 Å². The first-order chi connectivity index (χ1) is 8.99. The molecular weight excluding hydrogens is 252 g/mol. The molecule has 8 nitrogen and oxygen atoms in total. The quantitative estimate of drug-likeness (QED) is 0.446. The summed E-state index contributed by atoms with van der Waals surface area (Å²) in [6.07, 6.45) is 0. The van der Waals surface area contributed by atoms with Crippen LogP contribution in [0.4, 0.5) is 17.1 Å². The molecule has 0 saturated carbocycles. The molecule has 1 atom stereocenters. The van der Waals surface area contributed by atoms with Crippen molar-refractivity contribution in [3.63, 3.8) is 0 Å². The molecule has 1 aliphatic rings. The molecule has 1 aromatic rings. The molecule has 0 bridgehead atoms. The summed E-state index contributed by atoms with van der Waals surface area (Å²) < 4.78 is 5.20. The van der Waals surface area contributed by atoms with Gasteiger partial charge in [-0.25, -0.2) is 0 Å². The minimum atomic E-state index is -0.643. The maximum Gasteiger partial charge on any atom is 0.273 e. The third-order valence-electron chi connectivity index (χ3n) is 2.92. The van der Waals surface area contributed by atoms with Gasteiger partial charge in [-0.3, -0.25) is 14.9 Å². The van der Waals surface area contributed by atoms with Crippen molar-refractivity contribution in [1.82, 2.24) is 0 Å². The lowest BCUT2D eigenvalue weighted by molar-refractivity contribution is -0.384. The number of carbonyl (C=O) groups excluding carboxylic acids is 1. The predicted octanol–water partition coefficient (Wildman–Crippen LogP) is -0.132. The van der Waals surface area contributed by atoms with E-state index < -0.39 is 16.9 Å². The zero-order chi connectivity index (χ0) is 14.0. The van der Waals surface area contributed by atoms with Gasteiger partial charge in [-0.2, -0.15) is 0 Å². The summed E-state index contributed by atoms with van der Waals surface area (Å²) in [6.45, 7) is 1.01. The van der Waals surface area contributed by atoms with E-state index in [1.807, 2.05) is 0 Å². The van der Waals surface area contributed by atoms with Gasteiger partial charge in [0.2, 0.25) is 5.91 Å². The molecule has 0 aromatic heterocycles. The number of non-ortho nitro benzene ring substituents is 1. The number of hydrogen-bond donors (Lipinski definition) is 2. The largest absolute Gasteiger partial charge is 0.398 e. The van der Waals surface area contributed by atoms with Crippen molar-refractivity contribution in [3.05, 3.63) is 28.3 Å². The normalized spacial score (nSPS) is 19.2. The van der Waals surface area contributed by atoms with Gasteiger partial charge in [0.1, 0.15) is 6.04 Å². The van der Waals surface area contributed by atoms with Crippen molar-refractivity contribution in [3.8, 4) is 0 Å². The Hall–Kier alpha value is -2.35. The molecule has 4 N–H and O–H groups in total. The Morgan fingerprint density at radius 1 is 1.47 bits per heavy atom. The fraction of sp³-hybridized carbons (Fsp3) is 0.364. The van der Waals surface area contributed by atoms with Gasteiger partial charge in [0.05, 0.1) is 18.1 Å². The monoisotopic (exact) mass is 266 g/mol. The number of nitro groups is 1. The van der Waals surface area contributed by atoms with Crippen molar-refractivity contribution in [2.45, 2.75) is 6.04 Å². The van der Waals surface area contributed by atoms with Gasteiger partial charge in [0.25, 0.3) is 5.69 Å². The Labute approximate surface area is 109 Å². The molecule has 1 aliphatic heterocycles. The molecule has 1 saturated heterocycles. The van der Waals surface area contributed by atoms with Crippen molar-refractivity contribution in [2.75, 3.05) is 30.4 Å². The highest BCUT2D eigenvalue weighted by Gasteiger charge is 2.29. The molecular formula is C11H14N4O4. The average molecular weight is 266 g/mol. The summed E-state index contributed by atoms with van der Waals surface area (Å²) in [5.74, 6) is -0.537. The smallest absolute Gasteiger partial charge is 0.273 e. The average Bonchev–Trinajstić information content (AvgIpc) is 2.37. The number of morpholine rings is 1. The first kappa shape index (κ1) is 13.1. The van der Waals surface area contributed by atoms with Gasteiger partial charge in [-0.15, -0.1) is 0 Å². The molecule has 8 heteroatoms. The first-order valence-electron chi connectivity index (χ1n) is 5.67. The molecule has 0 aliphatic carbocycles. The fourth-order valence-electron chi connectivity index (χ4n) is 2.04. The number of nitrogens with zero attached hydrogens (tertiary/aromatic N) is 2. The van der Waals surface area contributed by atoms with Crippen LogP contribution >= 0.6 is 0 Å². The summed E-state index contributed by atoms with van der Waals surface area (Å²) in [4.78, 5) is 23.3. The number of nitrogen functional groups attached to an aromatic ring is 1. The molecule has 0 radical (unpaired) electrons. The van der Waals surface area contributed by atoms with Crippen molar-refractivity contribution in [1.29, 1.82) is 0 Å². The van der Waals surface area contributed by atoms with Crippen LogP contribution in [0.1, 0.15) is 0 Å². The Morgan fingerprint density at radius 3 is 2.84 bits per heavy atom. The zero-order valence-electron chi connectivity index (χ0n) is 10.1. The lowest BCUT2D eigenvalue weighted by Crippen LogP contribution is -2.52. The van der Waals surface area contributed by atoms with Crippen molar-refractivity contribution >= 4 is 23.0 Å². The van der Waals surface area contributed by atoms with Crippen LogP contribution in [-0.4, -0.2) is 36.6 Å². The van der Waals surface area contributed by atoms with Gasteiger partial charge in [-0.1, -0.05) is 0 Å². The van der Waals surface area contributed by atoms with Crippen LogP contribution < -0.4 is 16.4 Å². The van der Waals surface area contributed by atoms with Crippen LogP contribution in [0.5, 0.6) is 0 Å². The fourth-order valence-corrected chi connectivity index (χ4v) is 2.04. The second-order valence-electron chi connectivity index (χ2n) is 4.23. The summed E-state index contributed by atoms with van der Waals surface area (Å²) >= 11 is 0. The highest BCUT2D eigenvalue weighted by atomic mass is 16.6. The molecule has 102 valence electrons. The number of carbonyl (C=O) groups is 1. The summed E-state index contributed by atoms with van der Waals surface area (Å²) in [5.41, 5.74) is 11.6. The SMILES string of the molecule is NC(=O)C1COCCN1c1cc(N)cc([N+](=O)[O-])c1. The lowest BCUT2D eigenvalue weighted by atomic mass is 10.1. The van der Waals surface area contributed by atoms with Crippen molar-refractivity contribution in [2.24, 2.45) is 5.73 Å². The van der Waals surface area contributed by atoms with E-state index in [4.69, 9.17) is 16.2 Å². The van der Waals surface area contributed by atoms with Gasteiger partial charge in [-0.05, 0) is 6.07 Å². The number of ether oxygens (including phenoxy) is 1. The predicted molar refractivity (Wildman–Crippen MR) is 68.7 cm³/mol. The van der Waals surface area contributed by atoms with E-state index >= 15 is 0 Å². The Kier molecular flexibility index (Phi) is 3.52. The summed E-state index contributed by atoms with van der Waals surface area (Å²) in [6, 6.07) is 3.57. The maximum absolute atomic E-state index is 11.4. The topological polar surface area (TPSA) is 125 Å². The number of nitrogens with two attached hydrogens (primary N) is 2. The van der Waals surface area contributed by atoms with E-state index in [2.05, 4.69) is 0 Å². The third kappa shape index (κ3) is 2.74. The molecule has 1 amide bonds. The second-order valence-corrected chi connectivity index (χ2v) is 4.23. The molecule has 1 fully saturated rings. The van der Waals surface area contributed by atoms with Gasteiger partial charge >= 0.3 is 0 Å². The number of rotatable bonds is 3. The van der Waals surface area contributed by atoms with E-state index in [0.29, 0.717) is 18.8 Å². The Morgan fingerprint density at radius 2 is 2.21 bits per heavy atom. The van der Waals surface area contributed by atoms with Crippen molar-refractivity contribution < 1.29 is 14.5 Å². The maximum atomic E-state index is 11.4. The molecule has 1 aromatic carbocycles. The van der Waals surface area contributed by atoms with Gasteiger partial charge < -0.3 is 21.1 Å². The van der Waals surface area contributed by atoms with Gasteiger partial charge in [0, 0.05) is 30.1 Å². The number of benzene rings is 1. The Bertz CT molecular complexity index is 519. The number of anilines is 2. The van der Waals surface area contributed by atoms with Crippen LogP contribution in [0.25, 0.3) is 0 Å². The zero-order valence-corrected chi connectivity index (χ0v) is 10.1. The standard InChI is InChI=1S/C11H14N4O4/c12-7-3-8(5-9(4-7)15(17)18)14-1-2-19-6-10(14)11(13)16/h3-5,10H,1-2,6,12H2,(H2,13,16). The minimum Gasteiger partial charge on any atom is -0.398 e. The van der Waals surface area contributed by atoms with Crippen LogP contribution in [0, 0.1) is 10.1 Å². The molecule has 1 unspecified atom stereocenters. The molecule has 19 heavy (non-hydrogen) atoms. The summed E-state index contributed by atoms with van der Waals surface area (Å²) in [7, 11) is 0. The van der Waals surface area contributed by atoms with E-state index in [9.17, 15) is 14.9 Å². The van der Waals surface area contributed by atoms with E-state index in [-0.39, 0.29) is 18.0 Å². The van der Waals surface area contributed by atoms with Gasteiger partial charge in [0.15, 0.2) is 0 Å². The first-order valence-corrected chi connectivity index (χ1v) is 5.67. The van der Waals surface area contributed by atoms with E-state index in [1.54, 1.807) is 11.0 Å². The molecule has 1 heterocycles. The minimum absolute atomic E-state index is 0.121. The number of hydrogen-bond acceptors (Lipinski definition) is 6. The number of primary amides is 1. The van der Waals surface area contributed by atoms with E-state index in [1.165, 1.54) is 12.1 Å². The number of amides is 1. The highest BCUT2D eigenvalue weighted by molar-refractivity contribution is 5.84. The van der Waals surface area contributed by atoms with E-state index in [0.717, 1.165) is 0 Å². The second kappa shape index (κ2) is 5.11. The summed E-state index contributed by atoms with van der Waals surface area (Å²) in [5, 5.41) is 10.8. The van der Waals surface area contributed by atoms with Crippen LogP contribution in [0.3, 0.4) is 0 Å². The Balaban J connectivity index is 2.38.